The van der Waals surface area contributed by atoms with E-state index in [-0.39, 0.29) is 26.8 Å². The zero-order chi connectivity index (χ0) is 31.0. The number of allylic oxidation sites excluding steroid dienone is 7. The molecule has 2 heterocycles. The van der Waals surface area contributed by atoms with E-state index >= 15 is 0 Å². The summed E-state index contributed by atoms with van der Waals surface area (Å²) in [6, 6.07) is 6.50. The van der Waals surface area contributed by atoms with Gasteiger partial charge in [-0.25, -0.2) is 0 Å². The predicted octanol–water partition coefficient (Wildman–Crippen LogP) is 7.77. The number of rotatable bonds is 11. The van der Waals surface area contributed by atoms with E-state index in [0.29, 0.717) is 17.2 Å². The highest BCUT2D eigenvalue weighted by molar-refractivity contribution is 6.10. The average Bonchev–Trinajstić information content (AvgIpc) is 3.09. The first kappa shape index (κ1) is 30.4. The lowest BCUT2D eigenvalue weighted by molar-refractivity contribution is -0.440. The van der Waals surface area contributed by atoms with Crippen LogP contribution in [0.15, 0.2) is 72.4 Å². The van der Waals surface area contributed by atoms with Gasteiger partial charge in [0.1, 0.15) is 6.54 Å². The fourth-order valence-electron chi connectivity index (χ4n) is 6.00. The van der Waals surface area contributed by atoms with Gasteiger partial charge in [-0.2, -0.15) is 4.58 Å². The Kier molecular flexibility index (Phi) is 8.25. The third-order valence-corrected chi connectivity index (χ3v) is 8.41. The number of hydrogen-bond acceptors (Lipinski definition) is 6. The van der Waals surface area contributed by atoms with Crippen LogP contribution in [0.3, 0.4) is 0 Å². The second-order valence-corrected chi connectivity index (χ2v) is 12.2. The maximum absolute atomic E-state index is 11.8. The molecule has 0 aliphatic carbocycles. The molecule has 9 heteroatoms. The number of nitrogens with one attached hydrogen (secondary N) is 1. The summed E-state index contributed by atoms with van der Waals surface area (Å²) in [5.41, 5.74) is 11.8. The first-order valence-electron chi connectivity index (χ1n) is 14.2. The molecule has 220 valence electrons. The zero-order valence-corrected chi connectivity index (χ0v) is 25.4. The van der Waals surface area contributed by atoms with Crippen molar-refractivity contribution in [1.29, 1.82) is 0 Å². The van der Waals surface area contributed by atoms with Crippen LogP contribution in [0.1, 0.15) is 64.7 Å². The second-order valence-electron chi connectivity index (χ2n) is 12.2. The number of anilines is 2. The molecule has 0 bridgehead atoms. The van der Waals surface area contributed by atoms with Crippen molar-refractivity contribution in [1.82, 2.24) is 0 Å². The number of aryl methyl sites for hydroxylation is 1. The quantitative estimate of drug-likeness (QED) is 0.0934. The van der Waals surface area contributed by atoms with E-state index < -0.39 is 5.41 Å². The molecule has 0 aromatic heterocycles. The number of hydrogen-bond donors (Lipinski definition) is 2. The summed E-state index contributed by atoms with van der Waals surface area (Å²) < 4.78 is 2.21. The van der Waals surface area contributed by atoms with Gasteiger partial charge in [-0.1, -0.05) is 69.7 Å². The first-order valence-corrected chi connectivity index (χ1v) is 14.2. The Labute approximate surface area is 247 Å². The number of nitrogens with two attached hydrogens (primary N) is 1. The van der Waals surface area contributed by atoms with Crippen molar-refractivity contribution in [3.05, 3.63) is 109 Å². The molecule has 1 atom stereocenters. The molecule has 42 heavy (non-hydrogen) atoms. The molecule has 2 aliphatic rings. The van der Waals surface area contributed by atoms with E-state index in [1.54, 1.807) is 18.2 Å². The van der Waals surface area contributed by atoms with E-state index in [4.69, 9.17) is 5.73 Å². The summed E-state index contributed by atoms with van der Waals surface area (Å²) in [5.74, 6) is 0.499. The van der Waals surface area contributed by atoms with Crippen LogP contribution in [0.2, 0.25) is 0 Å². The second kappa shape index (κ2) is 11.4. The maximum atomic E-state index is 11.8. The number of nitrogen functional groups attached to an aromatic ring is 1. The minimum absolute atomic E-state index is 0.0321. The van der Waals surface area contributed by atoms with E-state index in [0.717, 1.165) is 46.8 Å². The van der Waals surface area contributed by atoms with E-state index in [1.807, 2.05) is 64.2 Å². The maximum Gasteiger partial charge on any atom is 0.278 e. The summed E-state index contributed by atoms with van der Waals surface area (Å²) in [4.78, 5) is 22.6. The number of benzene rings is 2. The van der Waals surface area contributed by atoms with Gasteiger partial charge >= 0.3 is 0 Å². The lowest BCUT2D eigenvalue weighted by Crippen LogP contribution is -2.46. The van der Waals surface area contributed by atoms with Crippen molar-refractivity contribution in [2.75, 3.05) is 17.6 Å². The third-order valence-electron chi connectivity index (χ3n) is 8.41. The lowest BCUT2D eigenvalue weighted by Gasteiger charge is -2.36. The summed E-state index contributed by atoms with van der Waals surface area (Å²) in [6.45, 7) is 15.0. The molecule has 0 amide bonds. The molecule has 9 nitrogen and oxygen atoms in total. The molecule has 2 aromatic carbocycles. The van der Waals surface area contributed by atoms with Gasteiger partial charge in [-0.05, 0) is 38.3 Å². The fourth-order valence-corrected chi connectivity index (χ4v) is 6.00. The van der Waals surface area contributed by atoms with Gasteiger partial charge < -0.3 is 11.1 Å². The van der Waals surface area contributed by atoms with Crippen molar-refractivity contribution < 1.29 is 14.4 Å². The largest absolute Gasteiger partial charge is 0.399 e. The number of nitro groups is 2. The van der Waals surface area contributed by atoms with Crippen LogP contribution < -0.4 is 11.1 Å². The number of nitrogens with zero attached hydrogens (tertiary/aromatic N) is 3. The van der Waals surface area contributed by atoms with Crippen LogP contribution in [0.4, 0.5) is 28.4 Å². The van der Waals surface area contributed by atoms with Gasteiger partial charge in [-0.15, -0.1) is 0 Å². The monoisotopic (exact) mass is 570 g/mol. The molecule has 2 aliphatic heterocycles. The van der Waals surface area contributed by atoms with Gasteiger partial charge in [0.15, 0.2) is 5.54 Å². The van der Waals surface area contributed by atoms with Crippen molar-refractivity contribution >= 4 is 34.1 Å². The number of non-ortho nitro benzene ring substituents is 1. The molecule has 2 aromatic rings. The van der Waals surface area contributed by atoms with E-state index in [1.165, 1.54) is 6.07 Å². The van der Waals surface area contributed by atoms with Crippen LogP contribution in [0, 0.1) is 33.1 Å². The van der Waals surface area contributed by atoms with E-state index in [2.05, 4.69) is 36.7 Å². The summed E-state index contributed by atoms with van der Waals surface area (Å²) in [6.07, 6.45) is 14.7. The third kappa shape index (κ3) is 5.51. The molecule has 0 spiro atoms. The summed E-state index contributed by atoms with van der Waals surface area (Å²) in [5, 5.41) is 26.7. The van der Waals surface area contributed by atoms with Gasteiger partial charge in [0, 0.05) is 41.3 Å². The highest BCUT2D eigenvalue weighted by Crippen LogP contribution is 2.53. The minimum atomic E-state index is -0.569. The molecule has 0 radical (unpaired) electrons. The Morgan fingerprint density at radius 2 is 1.74 bits per heavy atom. The molecule has 4 rings (SSSR count). The van der Waals surface area contributed by atoms with Crippen molar-refractivity contribution in [3.8, 4) is 0 Å². The van der Waals surface area contributed by atoms with Gasteiger partial charge in [0.2, 0.25) is 11.4 Å². The highest BCUT2D eigenvalue weighted by atomic mass is 16.6. The van der Waals surface area contributed by atoms with Crippen molar-refractivity contribution in [2.45, 2.75) is 65.8 Å². The summed E-state index contributed by atoms with van der Waals surface area (Å²) in [7, 11) is 0. The molecule has 3 N–H and O–H groups in total. The van der Waals surface area contributed by atoms with Crippen LogP contribution in [-0.2, 0) is 11.0 Å². The fraction of sp³-hybridized carbons (Fsp3) is 0.364. The first-order chi connectivity index (χ1) is 19.7. The minimum Gasteiger partial charge on any atom is -0.399 e. The molecule has 0 fully saturated rings. The van der Waals surface area contributed by atoms with Crippen LogP contribution >= 0.6 is 0 Å². The molecule has 1 unspecified atom stereocenters. The Bertz CT molecular complexity index is 1610. The Morgan fingerprint density at radius 3 is 2.38 bits per heavy atom. The predicted molar refractivity (Wildman–Crippen MR) is 170 cm³/mol. The summed E-state index contributed by atoms with van der Waals surface area (Å²) >= 11 is 0. The molecular formula is C33H40N5O4+. The average molecular weight is 571 g/mol. The SMILES string of the molecule is C/C(=C/C=C/C=C/C=C/C1=[N+](CCC(C)C)c2cc([N+](=O)[O-])cc3c2C1(C)N3)C(C)(C)c1c(C)cc(N)cc1[N+](=O)[O-]. The van der Waals surface area contributed by atoms with E-state index in [9.17, 15) is 20.2 Å². The Balaban J connectivity index is 1.54. The molecular weight excluding hydrogens is 530 g/mol. The standard InChI is InChI=1S/C33H40N5O4/c1-21(2)15-16-36-27-20-25(37(39)40)19-26-31(27)33(7,35-26)29(36)14-12-10-8-9-11-13-23(4)32(5,6)30-22(3)17-24(34)18-28(30)38(41)42/h8-14,17-21,35H,15-16,34H2,1-7H3/q+1/b10-8+,11-9+,14-12+,23-13-. The van der Waals surface area contributed by atoms with Gasteiger partial charge in [-0.3, -0.25) is 20.2 Å². The van der Waals surface area contributed by atoms with Crippen LogP contribution in [0.5, 0.6) is 0 Å². The van der Waals surface area contributed by atoms with Crippen LogP contribution in [0.25, 0.3) is 0 Å². The molecule has 0 saturated carbocycles. The highest BCUT2D eigenvalue weighted by Gasteiger charge is 2.56. The zero-order valence-electron chi connectivity index (χ0n) is 25.4. The van der Waals surface area contributed by atoms with Crippen molar-refractivity contribution in [3.63, 3.8) is 0 Å². The normalized spacial score (nSPS) is 18.3. The molecule has 0 saturated heterocycles. The Morgan fingerprint density at radius 1 is 1.07 bits per heavy atom. The lowest BCUT2D eigenvalue weighted by atomic mass is 9.75. The van der Waals surface area contributed by atoms with Crippen molar-refractivity contribution in [2.24, 2.45) is 5.92 Å². The smallest absolute Gasteiger partial charge is 0.278 e. The van der Waals surface area contributed by atoms with Gasteiger partial charge in [0.05, 0.1) is 27.2 Å². The topological polar surface area (TPSA) is 127 Å². The Hall–Kier alpha value is -4.53. The van der Waals surface area contributed by atoms with Gasteiger partial charge in [0.25, 0.3) is 11.4 Å². The van der Waals surface area contributed by atoms with Crippen LogP contribution in [-0.4, -0.2) is 26.7 Å². The number of nitro benzene ring substituents is 2.